The molecule has 2 aliphatic rings. The van der Waals surface area contributed by atoms with Crippen molar-refractivity contribution in [3.63, 3.8) is 0 Å². The quantitative estimate of drug-likeness (QED) is 0.773. The molecule has 0 bridgehead atoms. The summed E-state index contributed by atoms with van der Waals surface area (Å²) in [5, 5.41) is 9.42. The van der Waals surface area contributed by atoms with Crippen molar-refractivity contribution >= 4 is 5.91 Å². The summed E-state index contributed by atoms with van der Waals surface area (Å²) < 4.78 is 0. The molecular weight excluding hydrogens is 216 g/mol. The summed E-state index contributed by atoms with van der Waals surface area (Å²) in [6, 6.07) is 0. The van der Waals surface area contributed by atoms with Crippen LogP contribution in [0.4, 0.5) is 0 Å². The van der Waals surface area contributed by atoms with Gasteiger partial charge in [-0.3, -0.25) is 9.69 Å². The molecule has 0 atom stereocenters. The molecule has 0 radical (unpaired) electrons. The fraction of sp³-hybridized carbons (Fsp3) is 0.923. The summed E-state index contributed by atoms with van der Waals surface area (Å²) in [5.41, 5.74) is 0. The summed E-state index contributed by atoms with van der Waals surface area (Å²) in [6.07, 6.45) is 3.75. The highest BCUT2D eigenvalue weighted by Gasteiger charge is 2.24. The monoisotopic (exact) mass is 240 g/mol. The zero-order chi connectivity index (χ0) is 12.3. The fourth-order valence-electron chi connectivity index (χ4n) is 2.63. The second kappa shape index (κ2) is 5.83. The van der Waals surface area contributed by atoms with Crippen molar-refractivity contribution in [2.24, 2.45) is 5.92 Å². The van der Waals surface area contributed by atoms with E-state index in [0.29, 0.717) is 6.54 Å². The number of hydrogen-bond donors (Lipinski definition) is 1. The maximum Gasteiger partial charge on any atom is 0.236 e. The third-order valence-electron chi connectivity index (χ3n) is 4.05. The van der Waals surface area contributed by atoms with Crippen LogP contribution in [0, 0.1) is 5.92 Å². The Morgan fingerprint density at radius 2 is 1.71 bits per heavy atom. The molecule has 98 valence electrons. The molecule has 2 aliphatic heterocycles. The van der Waals surface area contributed by atoms with Crippen LogP contribution in [0.1, 0.15) is 32.6 Å². The molecule has 1 N–H and O–H groups in total. The Morgan fingerprint density at radius 1 is 1.12 bits per heavy atom. The summed E-state index contributed by atoms with van der Waals surface area (Å²) in [4.78, 5) is 16.3. The molecule has 0 aromatic rings. The second-order valence-electron chi connectivity index (χ2n) is 5.57. The molecule has 2 rings (SSSR count). The van der Waals surface area contributed by atoms with Crippen molar-refractivity contribution in [3.8, 4) is 0 Å². The van der Waals surface area contributed by atoms with Crippen LogP contribution in [0.3, 0.4) is 0 Å². The number of amides is 1. The van der Waals surface area contributed by atoms with E-state index in [-0.39, 0.29) is 12.0 Å². The first-order valence-corrected chi connectivity index (χ1v) is 6.83. The van der Waals surface area contributed by atoms with E-state index in [1.165, 1.54) is 0 Å². The van der Waals surface area contributed by atoms with Crippen LogP contribution in [0.2, 0.25) is 0 Å². The molecular formula is C13H24N2O2. The third-order valence-corrected chi connectivity index (χ3v) is 4.05. The third kappa shape index (κ3) is 3.68. The molecule has 0 saturated carbocycles. The van der Waals surface area contributed by atoms with Gasteiger partial charge in [0.05, 0.1) is 12.6 Å². The van der Waals surface area contributed by atoms with E-state index in [2.05, 4.69) is 11.8 Å². The molecule has 2 fully saturated rings. The van der Waals surface area contributed by atoms with Gasteiger partial charge in [-0.25, -0.2) is 0 Å². The van der Waals surface area contributed by atoms with Gasteiger partial charge in [0, 0.05) is 26.2 Å². The second-order valence-corrected chi connectivity index (χ2v) is 5.57. The Labute approximate surface area is 104 Å². The summed E-state index contributed by atoms with van der Waals surface area (Å²) in [7, 11) is 0. The van der Waals surface area contributed by atoms with Crippen LogP contribution in [-0.4, -0.2) is 59.6 Å². The number of aliphatic hydroxyl groups excluding tert-OH is 1. The van der Waals surface area contributed by atoms with Crippen molar-refractivity contribution in [1.82, 2.24) is 9.80 Å². The van der Waals surface area contributed by atoms with Gasteiger partial charge in [0.15, 0.2) is 0 Å². The van der Waals surface area contributed by atoms with Crippen molar-refractivity contribution < 1.29 is 9.90 Å². The maximum absolute atomic E-state index is 12.1. The molecule has 2 saturated heterocycles. The Hall–Kier alpha value is -0.610. The minimum atomic E-state index is -0.155. The average molecular weight is 240 g/mol. The van der Waals surface area contributed by atoms with E-state index in [9.17, 15) is 9.90 Å². The van der Waals surface area contributed by atoms with Crippen molar-refractivity contribution in [3.05, 3.63) is 0 Å². The topological polar surface area (TPSA) is 43.8 Å². The first-order chi connectivity index (χ1) is 8.15. The van der Waals surface area contributed by atoms with Crippen molar-refractivity contribution in [2.75, 3.05) is 32.7 Å². The molecule has 0 aromatic carbocycles. The zero-order valence-electron chi connectivity index (χ0n) is 10.8. The van der Waals surface area contributed by atoms with E-state index in [4.69, 9.17) is 0 Å². The van der Waals surface area contributed by atoms with Crippen LogP contribution >= 0.6 is 0 Å². The van der Waals surface area contributed by atoms with Crippen LogP contribution in [0.5, 0.6) is 0 Å². The van der Waals surface area contributed by atoms with Crippen molar-refractivity contribution in [1.29, 1.82) is 0 Å². The normalized spacial score (nSPS) is 25.2. The highest BCUT2D eigenvalue weighted by atomic mass is 16.3. The Bertz CT molecular complexity index is 254. The van der Waals surface area contributed by atoms with Gasteiger partial charge in [-0.2, -0.15) is 0 Å². The minimum absolute atomic E-state index is 0.155. The molecule has 0 aromatic heterocycles. The number of carbonyl (C=O) groups is 1. The van der Waals surface area contributed by atoms with Crippen LogP contribution in [-0.2, 0) is 4.79 Å². The van der Waals surface area contributed by atoms with Gasteiger partial charge in [0.2, 0.25) is 5.91 Å². The lowest BCUT2D eigenvalue weighted by molar-refractivity contribution is -0.134. The number of aliphatic hydroxyl groups is 1. The smallest absolute Gasteiger partial charge is 0.236 e. The van der Waals surface area contributed by atoms with Gasteiger partial charge < -0.3 is 10.0 Å². The van der Waals surface area contributed by atoms with E-state index in [1.54, 1.807) is 0 Å². The van der Waals surface area contributed by atoms with Gasteiger partial charge in [0.25, 0.3) is 0 Å². The van der Waals surface area contributed by atoms with Gasteiger partial charge in [-0.05, 0) is 31.6 Å². The molecule has 17 heavy (non-hydrogen) atoms. The Balaban J connectivity index is 1.73. The van der Waals surface area contributed by atoms with Gasteiger partial charge in [-0.1, -0.05) is 6.92 Å². The molecule has 4 nitrogen and oxygen atoms in total. The SMILES string of the molecule is CC1CCN(C(=O)CN2CCC(O)CC2)CC1. The lowest BCUT2D eigenvalue weighted by Gasteiger charge is -2.34. The van der Waals surface area contributed by atoms with E-state index < -0.39 is 0 Å². The number of carbonyl (C=O) groups excluding carboxylic acids is 1. The Morgan fingerprint density at radius 3 is 2.29 bits per heavy atom. The number of rotatable bonds is 2. The summed E-state index contributed by atoms with van der Waals surface area (Å²) in [5.74, 6) is 1.04. The fourth-order valence-corrected chi connectivity index (χ4v) is 2.63. The minimum Gasteiger partial charge on any atom is -0.393 e. The zero-order valence-corrected chi connectivity index (χ0v) is 10.8. The van der Waals surface area contributed by atoms with Crippen molar-refractivity contribution in [2.45, 2.75) is 38.7 Å². The summed E-state index contributed by atoms with van der Waals surface area (Å²) >= 11 is 0. The molecule has 0 aliphatic carbocycles. The molecule has 0 unspecified atom stereocenters. The van der Waals surface area contributed by atoms with Gasteiger partial charge in [-0.15, -0.1) is 0 Å². The highest BCUT2D eigenvalue weighted by Crippen LogP contribution is 2.17. The lowest BCUT2D eigenvalue weighted by Crippen LogP contribution is -2.46. The molecule has 2 heterocycles. The Kier molecular flexibility index (Phi) is 4.40. The van der Waals surface area contributed by atoms with E-state index in [0.717, 1.165) is 57.8 Å². The van der Waals surface area contributed by atoms with E-state index in [1.807, 2.05) is 4.90 Å². The average Bonchev–Trinajstić information content (AvgIpc) is 2.33. The van der Waals surface area contributed by atoms with Gasteiger partial charge >= 0.3 is 0 Å². The van der Waals surface area contributed by atoms with Crippen LogP contribution in [0.25, 0.3) is 0 Å². The highest BCUT2D eigenvalue weighted by molar-refractivity contribution is 5.78. The summed E-state index contributed by atoms with van der Waals surface area (Å²) in [6.45, 7) is 6.37. The van der Waals surface area contributed by atoms with E-state index >= 15 is 0 Å². The predicted molar refractivity (Wildman–Crippen MR) is 66.7 cm³/mol. The number of piperidine rings is 2. The first-order valence-electron chi connectivity index (χ1n) is 6.83. The van der Waals surface area contributed by atoms with Gasteiger partial charge in [0.1, 0.15) is 0 Å². The molecule has 0 spiro atoms. The molecule has 4 heteroatoms. The first kappa shape index (κ1) is 12.8. The van der Waals surface area contributed by atoms with Crippen LogP contribution in [0.15, 0.2) is 0 Å². The van der Waals surface area contributed by atoms with Crippen LogP contribution < -0.4 is 0 Å². The number of likely N-dealkylation sites (tertiary alicyclic amines) is 2. The predicted octanol–water partition coefficient (Wildman–Crippen LogP) is 0.702. The lowest BCUT2D eigenvalue weighted by atomic mass is 9.99. The largest absolute Gasteiger partial charge is 0.393 e. The molecule has 1 amide bonds. The number of nitrogens with zero attached hydrogens (tertiary/aromatic N) is 2. The number of hydrogen-bond acceptors (Lipinski definition) is 3. The standard InChI is InChI=1S/C13H24N2O2/c1-11-2-8-15(9-3-11)13(17)10-14-6-4-12(16)5-7-14/h11-12,16H,2-10H2,1H3. The maximum atomic E-state index is 12.1.